The molecular weight excluding hydrogens is 419 g/mol. The van der Waals surface area contributed by atoms with Gasteiger partial charge in [-0.25, -0.2) is 23.7 Å². The average molecular weight is 443 g/mol. The van der Waals surface area contributed by atoms with Crippen molar-refractivity contribution in [3.8, 4) is 23.1 Å². The summed E-state index contributed by atoms with van der Waals surface area (Å²) < 4.78 is 17.6. The molecule has 0 amide bonds. The molecule has 0 radical (unpaired) electrons. The molecule has 166 valence electrons. The Morgan fingerprint density at radius 3 is 2.52 bits per heavy atom. The summed E-state index contributed by atoms with van der Waals surface area (Å²) in [5.74, 6) is 2.19. The number of nitriles is 1. The van der Waals surface area contributed by atoms with Gasteiger partial charge in [0.05, 0.1) is 28.7 Å². The van der Waals surface area contributed by atoms with Crippen LogP contribution in [0.25, 0.3) is 17.1 Å². The minimum Gasteiger partial charge on any atom is -0.325 e. The lowest BCUT2D eigenvalue weighted by molar-refractivity contribution is 0.571. The van der Waals surface area contributed by atoms with Crippen molar-refractivity contribution in [3.63, 3.8) is 0 Å². The Bertz CT molecular complexity index is 1370. The summed E-state index contributed by atoms with van der Waals surface area (Å²) >= 11 is 0. The van der Waals surface area contributed by atoms with Gasteiger partial charge in [0.15, 0.2) is 11.6 Å². The van der Waals surface area contributed by atoms with Crippen molar-refractivity contribution in [2.75, 3.05) is 5.32 Å². The van der Waals surface area contributed by atoms with E-state index in [2.05, 4.69) is 26.5 Å². The maximum atomic E-state index is 14.2. The van der Waals surface area contributed by atoms with E-state index < -0.39 is 0 Å². The Labute approximate surface area is 190 Å². The van der Waals surface area contributed by atoms with E-state index >= 15 is 0 Å². The van der Waals surface area contributed by atoms with E-state index in [0.29, 0.717) is 34.5 Å². The van der Waals surface area contributed by atoms with Crippen molar-refractivity contribution in [1.29, 1.82) is 5.26 Å². The van der Waals surface area contributed by atoms with Gasteiger partial charge in [0.25, 0.3) is 0 Å². The zero-order chi connectivity index (χ0) is 23.1. The molecule has 0 unspecified atom stereocenters. The molecule has 3 heterocycles. The third-order valence-corrected chi connectivity index (χ3v) is 5.92. The van der Waals surface area contributed by atoms with Crippen molar-refractivity contribution >= 4 is 11.6 Å². The number of benzene rings is 1. The number of nitrogens with one attached hydrogen (secondary N) is 1. The lowest BCUT2D eigenvalue weighted by Crippen LogP contribution is -2.09. The molecule has 1 saturated carbocycles. The lowest BCUT2D eigenvalue weighted by Gasteiger charge is -2.11. The zero-order valence-electron chi connectivity index (χ0n) is 18.7. The molecule has 1 fully saturated rings. The topological polar surface area (TPSA) is 97.2 Å². The molecule has 1 aliphatic carbocycles. The predicted octanol–water partition coefficient (Wildman–Crippen LogP) is 4.62. The van der Waals surface area contributed by atoms with Gasteiger partial charge in [-0.15, -0.1) is 0 Å². The highest BCUT2D eigenvalue weighted by atomic mass is 19.1. The van der Waals surface area contributed by atoms with Crippen molar-refractivity contribution < 1.29 is 4.39 Å². The first-order chi connectivity index (χ1) is 15.9. The minimum absolute atomic E-state index is 0.325. The molecule has 0 bridgehead atoms. The second-order valence-electron chi connectivity index (χ2n) is 8.42. The Morgan fingerprint density at radius 1 is 1.12 bits per heavy atom. The van der Waals surface area contributed by atoms with Gasteiger partial charge in [-0.1, -0.05) is 12.1 Å². The van der Waals surface area contributed by atoms with Gasteiger partial charge in [0.1, 0.15) is 18.0 Å². The maximum Gasteiger partial charge on any atom is 0.167 e. The largest absolute Gasteiger partial charge is 0.325 e. The highest BCUT2D eigenvalue weighted by molar-refractivity contribution is 5.71. The van der Waals surface area contributed by atoms with Crippen LogP contribution >= 0.6 is 0 Å². The monoisotopic (exact) mass is 442 g/mol. The zero-order valence-corrected chi connectivity index (χ0v) is 18.7. The van der Waals surface area contributed by atoms with Gasteiger partial charge in [0.2, 0.25) is 0 Å². The summed E-state index contributed by atoms with van der Waals surface area (Å²) in [6.45, 7) is 6.14. The van der Waals surface area contributed by atoms with Crippen LogP contribution in [0.4, 0.5) is 16.0 Å². The average Bonchev–Trinajstić information content (AvgIpc) is 3.56. The number of nitrogens with zero attached hydrogens (tertiary/aromatic N) is 7. The lowest BCUT2D eigenvalue weighted by atomic mass is 10.1. The van der Waals surface area contributed by atoms with Crippen molar-refractivity contribution in [1.82, 2.24) is 29.5 Å². The van der Waals surface area contributed by atoms with Gasteiger partial charge in [-0.2, -0.15) is 15.5 Å². The number of aryl methyl sites for hydroxylation is 1. The van der Waals surface area contributed by atoms with Gasteiger partial charge in [-0.05, 0) is 51.7 Å². The molecule has 1 N–H and O–H groups in total. The minimum atomic E-state index is -0.339. The second-order valence-corrected chi connectivity index (χ2v) is 8.42. The fraction of sp³-hybridized carbons (Fsp3) is 0.292. The van der Waals surface area contributed by atoms with Crippen LogP contribution in [-0.2, 0) is 6.54 Å². The standard InChI is InChI=1S/C24H23FN8/c1-14-23(19-8-6-17(11-26)7-9-19)31-32(12-18-4-5-18)24(14)29-20-10-21(28-13-27-20)33-16(3)22(25)15(2)30-33/h6-10,13,18H,4-5,12H2,1-3H3,(H,27,28,29). The summed E-state index contributed by atoms with van der Waals surface area (Å²) in [5.41, 5.74) is 4.13. The summed E-state index contributed by atoms with van der Waals surface area (Å²) in [5, 5.41) is 21.6. The third kappa shape index (κ3) is 3.96. The molecule has 33 heavy (non-hydrogen) atoms. The van der Waals surface area contributed by atoms with Gasteiger partial charge in [0, 0.05) is 23.7 Å². The quantitative estimate of drug-likeness (QED) is 0.468. The van der Waals surface area contributed by atoms with E-state index in [1.54, 1.807) is 32.0 Å². The molecular formula is C24H23FN8. The van der Waals surface area contributed by atoms with E-state index in [-0.39, 0.29) is 5.82 Å². The Kier molecular flexibility index (Phi) is 5.13. The van der Waals surface area contributed by atoms with E-state index in [1.165, 1.54) is 23.9 Å². The summed E-state index contributed by atoms with van der Waals surface area (Å²) in [6.07, 6.45) is 3.84. The Hall–Kier alpha value is -4.06. The Balaban J connectivity index is 1.51. The number of hydrogen-bond donors (Lipinski definition) is 1. The van der Waals surface area contributed by atoms with Crippen LogP contribution in [0, 0.1) is 43.8 Å². The maximum absolute atomic E-state index is 14.2. The number of halogens is 1. The third-order valence-electron chi connectivity index (χ3n) is 5.92. The fourth-order valence-corrected chi connectivity index (χ4v) is 3.86. The molecule has 9 heteroatoms. The van der Waals surface area contributed by atoms with Crippen LogP contribution in [-0.4, -0.2) is 29.5 Å². The van der Waals surface area contributed by atoms with E-state index in [0.717, 1.165) is 29.2 Å². The fourth-order valence-electron chi connectivity index (χ4n) is 3.86. The van der Waals surface area contributed by atoms with E-state index in [1.807, 2.05) is 23.7 Å². The molecule has 3 aromatic heterocycles. The molecule has 4 aromatic rings. The van der Waals surface area contributed by atoms with Crippen LogP contribution in [0.5, 0.6) is 0 Å². The van der Waals surface area contributed by atoms with E-state index in [4.69, 9.17) is 10.4 Å². The SMILES string of the molecule is Cc1nn(-c2cc(Nc3c(C)c(-c4ccc(C#N)cc4)nn3CC3CC3)ncn2)c(C)c1F. The number of rotatable bonds is 6. The number of hydrogen-bond acceptors (Lipinski definition) is 6. The number of anilines is 2. The van der Waals surface area contributed by atoms with Crippen molar-refractivity contribution in [2.45, 2.75) is 40.2 Å². The summed E-state index contributed by atoms with van der Waals surface area (Å²) in [6, 6.07) is 11.3. The molecule has 0 spiro atoms. The van der Waals surface area contributed by atoms with Crippen molar-refractivity contribution in [3.05, 3.63) is 65.0 Å². The van der Waals surface area contributed by atoms with Crippen molar-refractivity contribution in [2.24, 2.45) is 5.92 Å². The highest BCUT2D eigenvalue weighted by Crippen LogP contribution is 2.35. The van der Waals surface area contributed by atoms with Gasteiger partial charge >= 0.3 is 0 Å². The molecule has 1 aliphatic rings. The molecule has 0 aliphatic heterocycles. The second kappa shape index (κ2) is 8.13. The van der Waals surface area contributed by atoms with Crippen LogP contribution < -0.4 is 5.32 Å². The molecule has 5 rings (SSSR count). The summed E-state index contributed by atoms with van der Waals surface area (Å²) in [4.78, 5) is 8.64. The summed E-state index contributed by atoms with van der Waals surface area (Å²) in [7, 11) is 0. The molecule has 0 atom stereocenters. The normalized spacial score (nSPS) is 13.2. The number of aromatic nitrogens is 6. The van der Waals surface area contributed by atoms with Gasteiger partial charge in [-0.3, -0.25) is 0 Å². The van der Waals surface area contributed by atoms with Gasteiger partial charge < -0.3 is 5.32 Å². The molecule has 8 nitrogen and oxygen atoms in total. The van der Waals surface area contributed by atoms with Crippen LogP contribution in [0.15, 0.2) is 36.7 Å². The Morgan fingerprint density at radius 2 is 1.88 bits per heavy atom. The van der Waals surface area contributed by atoms with Crippen LogP contribution in [0.1, 0.15) is 35.4 Å². The predicted molar refractivity (Wildman–Crippen MR) is 122 cm³/mol. The van der Waals surface area contributed by atoms with Crippen LogP contribution in [0.3, 0.4) is 0 Å². The molecule has 0 saturated heterocycles. The molecule has 1 aromatic carbocycles. The highest BCUT2D eigenvalue weighted by Gasteiger charge is 2.26. The first kappa shape index (κ1) is 20.8. The van der Waals surface area contributed by atoms with Crippen LogP contribution in [0.2, 0.25) is 0 Å². The van der Waals surface area contributed by atoms with E-state index in [9.17, 15) is 4.39 Å². The first-order valence-electron chi connectivity index (χ1n) is 10.8. The first-order valence-corrected chi connectivity index (χ1v) is 10.8. The smallest absolute Gasteiger partial charge is 0.167 e.